The van der Waals surface area contributed by atoms with Gasteiger partial charge in [-0.25, -0.2) is 8.42 Å². The number of nitrogens with one attached hydrogen (secondary N) is 1. The lowest BCUT2D eigenvalue weighted by atomic mass is 10.3. The van der Waals surface area contributed by atoms with Crippen LogP contribution < -0.4 is 5.32 Å². The maximum atomic E-state index is 12.7. The van der Waals surface area contributed by atoms with Crippen LogP contribution in [0.4, 0.5) is 0 Å². The summed E-state index contributed by atoms with van der Waals surface area (Å²) in [6.07, 6.45) is 0. The Labute approximate surface area is 123 Å². The normalized spacial score (nSPS) is 21.7. The van der Waals surface area contributed by atoms with E-state index in [-0.39, 0.29) is 6.04 Å². The van der Waals surface area contributed by atoms with Crippen molar-refractivity contribution in [3.05, 3.63) is 16.5 Å². The zero-order chi connectivity index (χ0) is 14.0. The molecule has 0 bridgehead atoms. The second-order valence-electron chi connectivity index (χ2n) is 4.74. The minimum atomic E-state index is -3.32. The number of nitrogens with zero attached hydrogens (tertiary/aromatic N) is 1. The Balaban J connectivity index is 2.30. The molecule has 0 saturated carbocycles. The van der Waals surface area contributed by atoms with E-state index in [2.05, 4.69) is 5.32 Å². The molecule has 0 radical (unpaired) electrons. The van der Waals surface area contributed by atoms with E-state index in [9.17, 15) is 8.42 Å². The molecular weight excluding hydrogens is 300 g/mol. The minimum Gasteiger partial charge on any atom is -0.315 e. The maximum absolute atomic E-state index is 12.7. The first-order valence-electron chi connectivity index (χ1n) is 6.30. The summed E-state index contributed by atoms with van der Waals surface area (Å²) in [5.41, 5.74) is 1.05. The third kappa shape index (κ3) is 3.16. The first kappa shape index (κ1) is 15.3. The zero-order valence-corrected chi connectivity index (χ0v) is 13.9. The van der Waals surface area contributed by atoms with Crippen LogP contribution in [0, 0.1) is 6.92 Å². The molecule has 108 valence electrons. The lowest BCUT2D eigenvalue weighted by molar-refractivity contribution is 0.368. The quantitative estimate of drug-likeness (QED) is 0.920. The molecule has 0 aliphatic carbocycles. The second kappa shape index (κ2) is 6.13. The van der Waals surface area contributed by atoms with Crippen LogP contribution in [0.5, 0.6) is 0 Å². The van der Waals surface area contributed by atoms with Gasteiger partial charge in [-0.3, -0.25) is 0 Å². The Morgan fingerprint density at radius 1 is 1.53 bits per heavy atom. The van der Waals surface area contributed by atoms with Crippen molar-refractivity contribution in [1.29, 1.82) is 0 Å². The molecule has 1 unspecified atom stereocenters. The van der Waals surface area contributed by atoms with Gasteiger partial charge < -0.3 is 5.32 Å². The van der Waals surface area contributed by atoms with E-state index >= 15 is 0 Å². The highest BCUT2D eigenvalue weighted by molar-refractivity contribution is 7.99. The molecular formula is C12H20N2O2S3. The molecule has 1 aromatic heterocycles. The lowest BCUT2D eigenvalue weighted by Crippen LogP contribution is -2.44. The van der Waals surface area contributed by atoms with Gasteiger partial charge in [0.15, 0.2) is 0 Å². The van der Waals surface area contributed by atoms with E-state index < -0.39 is 10.0 Å². The maximum Gasteiger partial charge on any atom is 0.252 e. The van der Waals surface area contributed by atoms with E-state index in [1.54, 1.807) is 10.4 Å². The molecule has 1 aliphatic rings. The SMILES string of the molecule is CNCc1sc(S(=O)(=O)N2CCSCC2C)cc1C. The monoisotopic (exact) mass is 320 g/mol. The third-order valence-electron chi connectivity index (χ3n) is 3.20. The van der Waals surface area contributed by atoms with Crippen LogP contribution in [0.1, 0.15) is 17.4 Å². The molecule has 1 aromatic rings. The van der Waals surface area contributed by atoms with Gasteiger partial charge in [0, 0.05) is 35.5 Å². The fraction of sp³-hybridized carbons (Fsp3) is 0.667. The third-order valence-corrected chi connectivity index (χ3v) is 8.09. The van der Waals surface area contributed by atoms with Gasteiger partial charge in [-0.05, 0) is 32.5 Å². The van der Waals surface area contributed by atoms with E-state index in [0.717, 1.165) is 28.5 Å². The van der Waals surface area contributed by atoms with Gasteiger partial charge in [0.1, 0.15) is 4.21 Å². The van der Waals surface area contributed by atoms with Crippen LogP contribution in [-0.4, -0.2) is 43.9 Å². The second-order valence-corrected chi connectivity index (χ2v) is 9.15. The molecule has 7 heteroatoms. The molecule has 2 heterocycles. The van der Waals surface area contributed by atoms with Gasteiger partial charge >= 0.3 is 0 Å². The minimum absolute atomic E-state index is 0.0823. The standard InChI is InChI=1S/C12H20N2O2S3/c1-9-6-12(18-11(9)7-13-3)19(15,16)14-4-5-17-8-10(14)2/h6,10,13H,4-5,7-8H2,1-3H3. The highest BCUT2D eigenvalue weighted by Crippen LogP contribution is 2.31. The summed E-state index contributed by atoms with van der Waals surface area (Å²) in [4.78, 5) is 1.10. The van der Waals surface area contributed by atoms with E-state index in [0.29, 0.717) is 10.8 Å². The molecule has 2 rings (SSSR count). The first-order valence-corrected chi connectivity index (χ1v) is 9.71. The van der Waals surface area contributed by atoms with Crippen molar-refractivity contribution in [1.82, 2.24) is 9.62 Å². The van der Waals surface area contributed by atoms with E-state index in [1.165, 1.54) is 11.3 Å². The van der Waals surface area contributed by atoms with E-state index in [1.807, 2.05) is 32.7 Å². The fourth-order valence-electron chi connectivity index (χ4n) is 2.14. The number of hydrogen-bond donors (Lipinski definition) is 1. The van der Waals surface area contributed by atoms with Crippen LogP contribution in [0.3, 0.4) is 0 Å². The number of aryl methyl sites for hydroxylation is 1. The Bertz CT molecular complexity index is 539. The smallest absolute Gasteiger partial charge is 0.252 e. The summed E-state index contributed by atoms with van der Waals surface area (Å²) in [5.74, 6) is 1.77. The molecule has 0 amide bonds. The van der Waals surface area contributed by atoms with Gasteiger partial charge in [-0.1, -0.05) is 0 Å². The van der Waals surface area contributed by atoms with Crippen molar-refractivity contribution >= 4 is 33.1 Å². The summed E-state index contributed by atoms with van der Waals surface area (Å²) in [6, 6.07) is 1.89. The Kier molecular flexibility index (Phi) is 4.94. The Morgan fingerprint density at radius 2 is 2.26 bits per heavy atom. The summed E-state index contributed by atoms with van der Waals surface area (Å²) < 4.78 is 27.5. The van der Waals surface area contributed by atoms with Crippen molar-refractivity contribution < 1.29 is 8.42 Å². The van der Waals surface area contributed by atoms with E-state index in [4.69, 9.17) is 0 Å². The molecule has 1 atom stereocenters. The van der Waals surface area contributed by atoms with Crippen molar-refractivity contribution in [2.45, 2.75) is 30.6 Å². The zero-order valence-electron chi connectivity index (χ0n) is 11.5. The predicted molar refractivity (Wildman–Crippen MR) is 82.5 cm³/mol. The van der Waals surface area contributed by atoms with Crippen LogP contribution in [0.15, 0.2) is 10.3 Å². The lowest BCUT2D eigenvalue weighted by Gasteiger charge is -2.31. The van der Waals surface area contributed by atoms with Crippen LogP contribution >= 0.6 is 23.1 Å². The van der Waals surface area contributed by atoms with Crippen molar-refractivity contribution in [2.24, 2.45) is 0 Å². The van der Waals surface area contributed by atoms with Crippen molar-refractivity contribution in [3.8, 4) is 0 Å². The van der Waals surface area contributed by atoms with Crippen LogP contribution in [-0.2, 0) is 16.6 Å². The molecule has 19 heavy (non-hydrogen) atoms. The number of rotatable bonds is 4. The molecule has 1 saturated heterocycles. The first-order chi connectivity index (χ1) is 8.96. The number of sulfonamides is 1. The Morgan fingerprint density at radius 3 is 2.89 bits per heavy atom. The average Bonchev–Trinajstić information content (AvgIpc) is 2.73. The molecule has 1 N–H and O–H groups in total. The molecule has 0 aromatic carbocycles. The number of hydrogen-bond acceptors (Lipinski definition) is 5. The van der Waals surface area contributed by atoms with Crippen LogP contribution in [0.25, 0.3) is 0 Å². The average molecular weight is 321 g/mol. The predicted octanol–water partition coefficient (Wildman–Crippen LogP) is 1.90. The highest BCUT2D eigenvalue weighted by Gasteiger charge is 2.32. The van der Waals surface area contributed by atoms with Gasteiger partial charge in [-0.2, -0.15) is 16.1 Å². The summed E-state index contributed by atoms with van der Waals surface area (Å²) in [5, 5.41) is 3.08. The summed E-state index contributed by atoms with van der Waals surface area (Å²) in [7, 11) is -1.45. The summed E-state index contributed by atoms with van der Waals surface area (Å²) >= 11 is 3.21. The fourth-order valence-corrected chi connectivity index (χ4v) is 6.72. The van der Waals surface area contributed by atoms with Crippen LogP contribution in [0.2, 0.25) is 0 Å². The molecule has 1 fully saturated rings. The van der Waals surface area contributed by atoms with Gasteiger partial charge in [0.25, 0.3) is 10.0 Å². The van der Waals surface area contributed by atoms with Gasteiger partial charge in [0.05, 0.1) is 0 Å². The van der Waals surface area contributed by atoms with Gasteiger partial charge in [-0.15, -0.1) is 11.3 Å². The van der Waals surface area contributed by atoms with Gasteiger partial charge in [0.2, 0.25) is 0 Å². The number of thioether (sulfide) groups is 1. The van der Waals surface area contributed by atoms with Crippen molar-refractivity contribution in [2.75, 3.05) is 25.1 Å². The topological polar surface area (TPSA) is 49.4 Å². The van der Waals surface area contributed by atoms with Crippen molar-refractivity contribution in [3.63, 3.8) is 0 Å². The summed E-state index contributed by atoms with van der Waals surface area (Å²) in [6.45, 7) is 5.29. The number of thiophene rings is 1. The highest BCUT2D eigenvalue weighted by atomic mass is 32.2. The molecule has 0 spiro atoms. The molecule has 1 aliphatic heterocycles. The largest absolute Gasteiger partial charge is 0.315 e. The molecule has 4 nitrogen and oxygen atoms in total. The Hall–Kier alpha value is -0.0800.